The smallest absolute Gasteiger partial charge is 0.331 e. The van der Waals surface area contributed by atoms with Crippen LogP contribution in [0.1, 0.15) is 12.5 Å². The predicted octanol–water partition coefficient (Wildman–Crippen LogP) is 5.09. The molecule has 148 valence electrons. The summed E-state index contributed by atoms with van der Waals surface area (Å²) in [6, 6.07) is 18.6. The number of esters is 1. The van der Waals surface area contributed by atoms with Gasteiger partial charge in [-0.2, -0.15) is 0 Å². The topological polar surface area (TPSA) is 64.6 Å². The maximum atomic E-state index is 12.3. The average molecular weight is 410 g/mol. The van der Waals surface area contributed by atoms with E-state index < -0.39 is 18.0 Å². The van der Waals surface area contributed by atoms with Crippen molar-refractivity contribution in [2.24, 2.45) is 0 Å². The lowest BCUT2D eigenvalue weighted by atomic mass is 10.0. The fraction of sp³-hybridized carbons (Fsp3) is 0.130. The first-order valence-electron chi connectivity index (χ1n) is 8.99. The minimum Gasteiger partial charge on any atom is -0.495 e. The lowest BCUT2D eigenvalue weighted by Crippen LogP contribution is -2.29. The van der Waals surface area contributed by atoms with Crippen molar-refractivity contribution in [3.8, 4) is 5.75 Å². The summed E-state index contributed by atoms with van der Waals surface area (Å²) in [5, 5.41) is 5.13. The van der Waals surface area contributed by atoms with E-state index in [0.29, 0.717) is 16.5 Å². The quantitative estimate of drug-likeness (QED) is 0.455. The Kier molecular flexibility index (Phi) is 6.52. The van der Waals surface area contributed by atoms with E-state index in [9.17, 15) is 9.59 Å². The van der Waals surface area contributed by atoms with Gasteiger partial charge >= 0.3 is 5.97 Å². The lowest BCUT2D eigenvalue weighted by molar-refractivity contribution is -0.148. The second-order valence-corrected chi connectivity index (χ2v) is 6.73. The Hall–Kier alpha value is -3.31. The first-order chi connectivity index (χ1) is 14.0. The van der Waals surface area contributed by atoms with Gasteiger partial charge in [-0.05, 0) is 47.5 Å². The summed E-state index contributed by atoms with van der Waals surface area (Å²) in [5.74, 6) is -0.561. The van der Waals surface area contributed by atoms with Gasteiger partial charge in [-0.25, -0.2) is 4.79 Å². The molecule has 0 saturated carbocycles. The molecule has 0 heterocycles. The van der Waals surface area contributed by atoms with Crippen molar-refractivity contribution in [3.63, 3.8) is 0 Å². The van der Waals surface area contributed by atoms with E-state index in [-0.39, 0.29) is 0 Å². The molecular formula is C23H20ClNO4. The number of anilines is 1. The van der Waals surface area contributed by atoms with Crippen LogP contribution in [-0.4, -0.2) is 25.1 Å². The third-order valence-corrected chi connectivity index (χ3v) is 4.60. The highest BCUT2D eigenvalue weighted by Crippen LogP contribution is 2.27. The van der Waals surface area contributed by atoms with Crippen LogP contribution in [0, 0.1) is 0 Å². The highest BCUT2D eigenvalue weighted by Gasteiger charge is 2.17. The molecule has 0 aromatic heterocycles. The van der Waals surface area contributed by atoms with Gasteiger partial charge in [0.25, 0.3) is 5.91 Å². The summed E-state index contributed by atoms with van der Waals surface area (Å²) < 4.78 is 10.3. The van der Waals surface area contributed by atoms with Crippen molar-refractivity contribution in [1.82, 2.24) is 0 Å². The summed E-state index contributed by atoms with van der Waals surface area (Å²) in [7, 11) is 1.51. The van der Waals surface area contributed by atoms with Crippen LogP contribution < -0.4 is 10.1 Å². The third-order valence-electron chi connectivity index (χ3n) is 4.30. The van der Waals surface area contributed by atoms with Crippen LogP contribution in [0.2, 0.25) is 5.02 Å². The van der Waals surface area contributed by atoms with E-state index in [1.165, 1.54) is 20.1 Å². The number of hydrogen-bond acceptors (Lipinski definition) is 4. The molecule has 5 nitrogen and oxygen atoms in total. The maximum Gasteiger partial charge on any atom is 0.331 e. The molecule has 0 saturated heterocycles. The molecule has 0 aliphatic carbocycles. The van der Waals surface area contributed by atoms with Crippen molar-refractivity contribution in [1.29, 1.82) is 0 Å². The molecule has 0 aliphatic heterocycles. The zero-order valence-electron chi connectivity index (χ0n) is 16.0. The summed E-state index contributed by atoms with van der Waals surface area (Å²) >= 11 is 6.05. The van der Waals surface area contributed by atoms with Crippen LogP contribution in [0.15, 0.2) is 66.7 Å². The molecule has 1 N–H and O–H groups in total. The largest absolute Gasteiger partial charge is 0.495 e. The number of rotatable bonds is 6. The maximum absolute atomic E-state index is 12.3. The van der Waals surface area contributed by atoms with Crippen molar-refractivity contribution in [3.05, 3.63) is 77.3 Å². The van der Waals surface area contributed by atoms with Crippen LogP contribution in [0.3, 0.4) is 0 Å². The van der Waals surface area contributed by atoms with Gasteiger partial charge < -0.3 is 14.8 Å². The Bertz CT molecular complexity index is 1070. The highest BCUT2D eigenvalue weighted by atomic mass is 35.5. The summed E-state index contributed by atoms with van der Waals surface area (Å²) in [6.45, 7) is 1.50. The van der Waals surface area contributed by atoms with Crippen LogP contribution in [0.5, 0.6) is 5.75 Å². The fourth-order valence-electron chi connectivity index (χ4n) is 2.81. The third kappa shape index (κ3) is 5.15. The van der Waals surface area contributed by atoms with Crippen LogP contribution in [-0.2, 0) is 14.3 Å². The SMILES string of the molecule is COc1ccc(NC(=O)C(C)OC(=O)C=Cc2cccc3ccccc23)cc1Cl. The number of hydrogen-bond donors (Lipinski definition) is 1. The molecule has 29 heavy (non-hydrogen) atoms. The molecule has 0 fully saturated rings. The number of benzene rings is 3. The zero-order chi connectivity index (χ0) is 20.8. The Balaban J connectivity index is 1.61. The average Bonchev–Trinajstić information content (AvgIpc) is 2.72. The van der Waals surface area contributed by atoms with E-state index >= 15 is 0 Å². The van der Waals surface area contributed by atoms with Gasteiger partial charge in [-0.15, -0.1) is 0 Å². The molecule has 1 amide bonds. The van der Waals surface area contributed by atoms with Gasteiger partial charge in [-0.3, -0.25) is 4.79 Å². The lowest BCUT2D eigenvalue weighted by Gasteiger charge is -2.13. The molecule has 0 radical (unpaired) electrons. The molecule has 0 bridgehead atoms. The van der Waals surface area contributed by atoms with Crippen LogP contribution in [0.4, 0.5) is 5.69 Å². The minimum atomic E-state index is -0.972. The van der Waals surface area contributed by atoms with Gasteiger partial charge in [0.2, 0.25) is 0 Å². The molecule has 0 aliphatic rings. The second-order valence-electron chi connectivity index (χ2n) is 6.32. The fourth-order valence-corrected chi connectivity index (χ4v) is 3.07. The molecule has 1 unspecified atom stereocenters. The van der Waals surface area contributed by atoms with E-state index in [4.69, 9.17) is 21.1 Å². The monoisotopic (exact) mass is 409 g/mol. The van der Waals surface area contributed by atoms with E-state index in [1.54, 1.807) is 24.3 Å². The molecule has 3 aromatic carbocycles. The number of ether oxygens (including phenoxy) is 2. The Morgan fingerprint density at radius 1 is 1.07 bits per heavy atom. The molecule has 1 atom stereocenters. The summed E-state index contributed by atoms with van der Waals surface area (Å²) in [4.78, 5) is 24.4. The number of amides is 1. The van der Waals surface area contributed by atoms with Gasteiger partial charge in [-0.1, -0.05) is 54.1 Å². The number of methoxy groups -OCH3 is 1. The van der Waals surface area contributed by atoms with Gasteiger partial charge in [0.05, 0.1) is 12.1 Å². The van der Waals surface area contributed by atoms with Crippen molar-refractivity contribution >= 4 is 46.0 Å². The highest BCUT2D eigenvalue weighted by molar-refractivity contribution is 6.32. The van der Waals surface area contributed by atoms with Gasteiger partial charge in [0.1, 0.15) is 5.75 Å². The second kappa shape index (κ2) is 9.26. The number of fused-ring (bicyclic) bond motifs is 1. The Morgan fingerprint density at radius 3 is 2.59 bits per heavy atom. The molecule has 6 heteroatoms. The predicted molar refractivity (Wildman–Crippen MR) is 115 cm³/mol. The van der Waals surface area contributed by atoms with Crippen molar-refractivity contribution < 1.29 is 19.1 Å². The summed E-state index contributed by atoms with van der Waals surface area (Å²) in [6.07, 6.45) is 2.02. The normalized spacial score (nSPS) is 12.0. The van der Waals surface area contributed by atoms with Gasteiger partial charge in [0, 0.05) is 11.8 Å². The van der Waals surface area contributed by atoms with Crippen LogP contribution >= 0.6 is 11.6 Å². The summed E-state index contributed by atoms with van der Waals surface area (Å²) in [5.41, 5.74) is 1.38. The van der Waals surface area contributed by atoms with Crippen molar-refractivity contribution in [2.45, 2.75) is 13.0 Å². The first kappa shape index (κ1) is 20.4. The number of carbonyl (C=O) groups excluding carboxylic acids is 2. The van der Waals surface area contributed by atoms with Gasteiger partial charge in [0.15, 0.2) is 6.10 Å². The number of nitrogens with one attached hydrogen (secondary N) is 1. The Morgan fingerprint density at radius 2 is 1.83 bits per heavy atom. The number of carbonyl (C=O) groups is 2. The molecular weight excluding hydrogens is 390 g/mol. The number of halogens is 1. The first-order valence-corrected chi connectivity index (χ1v) is 9.36. The minimum absolute atomic E-state index is 0.368. The van der Waals surface area contributed by atoms with Crippen molar-refractivity contribution in [2.75, 3.05) is 12.4 Å². The molecule has 0 spiro atoms. The zero-order valence-corrected chi connectivity index (χ0v) is 16.8. The van der Waals surface area contributed by atoms with E-state index in [1.807, 2.05) is 42.5 Å². The standard InChI is InChI=1S/C23H20ClNO4/c1-15(23(27)25-18-11-12-21(28-2)20(24)14-18)29-22(26)13-10-17-8-5-7-16-6-3-4-9-19(16)17/h3-15H,1-2H3,(H,25,27). The van der Waals surface area contributed by atoms with E-state index in [0.717, 1.165) is 16.3 Å². The molecule has 3 rings (SSSR count). The van der Waals surface area contributed by atoms with E-state index in [2.05, 4.69) is 5.32 Å². The molecule has 3 aromatic rings. The van der Waals surface area contributed by atoms with Crippen LogP contribution in [0.25, 0.3) is 16.8 Å². The Labute approximate surface area is 173 Å².